The van der Waals surface area contributed by atoms with Gasteiger partial charge in [0.2, 0.25) is 0 Å². The van der Waals surface area contributed by atoms with Crippen LogP contribution in [0.4, 0.5) is 0 Å². The second-order valence-electron chi connectivity index (χ2n) is 4.44. The van der Waals surface area contributed by atoms with E-state index >= 15 is 0 Å². The molecular weight excluding hydrogens is 254 g/mol. The predicted octanol–water partition coefficient (Wildman–Crippen LogP) is 3.25. The number of hydrogen-bond acceptors (Lipinski definition) is 4. The van der Waals surface area contributed by atoms with Gasteiger partial charge < -0.3 is 9.47 Å². The zero-order valence-electron chi connectivity index (χ0n) is 11.9. The Kier molecular flexibility index (Phi) is 7.90. The van der Waals surface area contributed by atoms with Crippen molar-refractivity contribution in [2.75, 3.05) is 13.2 Å². The van der Waals surface area contributed by atoms with E-state index in [0.29, 0.717) is 26.1 Å². The van der Waals surface area contributed by atoms with Gasteiger partial charge in [0.25, 0.3) is 0 Å². The lowest BCUT2D eigenvalue weighted by atomic mass is 10.1. The third-order valence-corrected chi connectivity index (χ3v) is 2.81. The first kappa shape index (κ1) is 16.0. The van der Waals surface area contributed by atoms with E-state index < -0.39 is 0 Å². The van der Waals surface area contributed by atoms with Crippen LogP contribution in [0.5, 0.6) is 5.75 Å². The van der Waals surface area contributed by atoms with E-state index in [9.17, 15) is 4.79 Å². The van der Waals surface area contributed by atoms with Gasteiger partial charge >= 0.3 is 5.97 Å². The number of carbonyl (C=O) groups is 1. The van der Waals surface area contributed by atoms with Gasteiger partial charge in [0.05, 0.1) is 25.7 Å². The molecule has 0 atom stereocenters. The smallest absolute Gasteiger partial charge is 0.305 e. The summed E-state index contributed by atoms with van der Waals surface area (Å²) < 4.78 is 10.5. The Morgan fingerprint density at radius 3 is 2.60 bits per heavy atom. The normalized spacial score (nSPS) is 9.80. The molecule has 4 nitrogen and oxygen atoms in total. The van der Waals surface area contributed by atoms with Crippen molar-refractivity contribution in [1.82, 2.24) is 0 Å². The molecule has 0 aliphatic carbocycles. The molecule has 1 aromatic carbocycles. The minimum atomic E-state index is -0.124. The predicted molar refractivity (Wildman–Crippen MR) is 76.4 cm³/mol. The highest BCUT2D eigenvalue weighted by atomic mass is 16.5. The Labute approximate surface area is 120 Å². The molecule has 0 heterocycles. The fourth-order valence-electron chi connectivity index (χ4n) is 1.77. The summed E-state index contributed by atoms with van der Waals surface area (Å²) in [4.78, 5) is 11.1. The molecule has 1 aromatic rings. The third kappa shape index (κ3) is 6.79. The van der Waals surface area contributed by atoms with E-state index in [4.69, 9.17) is 14.7 Å². The molecule has 20 heavy (non-hydrogen) atoms. The minimum Gasteiger partial charge on any atom is -0.494 e. The Balaban J connectivity index is 2.09. The first-order valence-corrected chi connectivity index (χ1v) is 7.00. The Morgan fingerprint density at radius 2 is 1.95 bits per heavy atom. The van der Waals surface area contributed by atoms with Crippen LogP contribution in [0, 0.1) is 11.3 Å². The summed E-state index contributed by atoms with van der Waals surface area (Å²) in [5.41, 5.74) is 0.995. The fraction of sp³-hybridized carbons (Fsp3) is 0.500. The summed E-state index contributed by atoms with van der Waals surface area (Å²) in [6, 6.07) is 9.67. The van der Waals surface area contributed by atoms with Crippen molar-refractivity contribution < 1.29 is 14.3 Å². The molecule has 4 heteroatoms. The van der Waals surface area contributed by atoms with E-state index in [2.05, 4.69) is 6.07 Å². The summed E-state index contributed by atoms with van der Waals surface area (Å²) in [5, 5.41) is 8.57. The van der Waals surface area contributed by atoms with Gasteiger partial charge in [-0.3, -0.25) is 4.79 Å². The zero-order chi connectivity index (χ0) is 14.6. The van der Waals surface area contributed by atoms with Crippen LogP contribution in [0.2, 0.25) is 0 Å². The second-order valence-corrected chi connectivity index (χ2v) is 4.44. The second kappa shape index (κ2) is 9.85. The van der Waals surface area contributed by atoms with Gasteiger partial charge in [-0.1, -0.05) is 12.1 Å². The molecule has 0 aliphatic rings. The van der Waals surface area contributed by atoms with Crippen molar-refractivity contribution in [3.05, 3.63) is 29.8 Å². The number of ether oxygens (including phenoxy) is 2. The van der Waals surface area contributed by atoms with Crippen LogP contribution in [0.3, 0.4) is 0 Å². The SMILES string of the molecule is CCOC(=O)CCCCCOc1ccc(CC#N)cc1. The maximum absolute atomic E-state index is 11.1. The lowest BCUT2D eigenvalue weighted by Gasteiger charge is -2.06. The highest BCUT2D eigenvalue weighted by molar-refractivity contribution is 5.69. The largest absolute Gasteiger partial charge is 0.494 e. The van der Waals surface area contributed by atoms with E-state index in [-0.39, 0.29) is 5.97 Å². The summed E-state index contributed by atoms with van der Waals surface area (Å²) in [7, 11) is 0. The van der Waals surface area contributed by atoms with Crippen LogP contribution in [0.1, 0.15) is 38.2 Å². The maximum Gasteiger partial charge on any atom is 0.305 e. The first-order chi connectivity index (χ1) is 9.76. The molecule has 1 rings (SSSR count). The Bertz CT molecular complexity index is 434. The lowest BCUT2D eigenvalue weighted by Crippen LogP contribution is -2.04. The number of benzene rings is 1. The lowest BCUT2D eigenvalue weighted by molar-refractivity contribution is -0.143. The maximum atomic E-state index is 11.1. The summed E-state index contributed by atoms with van der Waals surface area (Å²) in [5.74, 6) is 0.693. The number of hydrogen-bond donors (Lipinski definition) is 0. The number of esters is 1. The average Bonchev–Trinajstić information content (AvgIpc) is 2.45. The Hall–Kier alpha value is -2.02. The molecule has 0 amide bonds. The topological polar surface area (TPSA) is 59.3 Å². The molecule has 0 fully saturated rings. The standard InChI is InChI=1S/C16H21NO3/c1-2-19-16(18)6-4-3-5-13-20-15-9-7-14(8-10-15)11-12-17/h7-10H,2-6,11,13H2,1H3. The molecule has 0 saturated carbocycles. The van der Waals surface area contributed by atoms with Gasteiger partial charge in [0.15, 0.2) is 0 Å². The van der Waals surface area contributed by atoms with E-state index in [1.165, 1.54) is 0 Å². The van der Waals surface area contributed by atoms with Crippen molar-refractivity contribution in [3.8, 4) is 11.8 Å². The van der Waals surface area contributed by atoms with Crippen molar-refractivity contribution in [2.45, 2.75) is 39.0 Å². The van der Waals surface area contributed by atoms with Gasteiger partial charge in [-0.15, -0.1) is 0 Å². The monoisotopic (exact) mass is 275 g/mol. The van der Waals surface area contributed by atoms with Gasteiger partial charge in [-0.2, -0.15) is 5.26 Å². The fourth-order valence-corrected chi connectivity index (χ4v) is 1.77. The molecule has 0 spiro atoms. The number of unbranched alkanes of at least 4 members (excludes halogenated alkanes) is 2. The number of carbonyl (C=O) groups excluding carboxylic acids is 1. The molecule has 0 saturated heterocycles. The first-order valence-electron chi connectivity index (χ1n) is 7.00. The molecule has 0 N–H and O–H groups in total. The highest BCUT2D eigenvalue weighted by Crippen LogP contribution is 2.13. The number of rotatable bonds is 9. The zero-order valence-corrected chi connectivity index (χ0v) is 11.9. The molecule has 108 valence electrons. The van der Waals surface area contributed by atoms with Crippen LogP contribution in [0.25, 0.3) is 0 Å². The highest BCUT2D eigenvalue weighted by Gasteiger charge is 2.01. The molecule has 0 aromatic heterocycles. The van der Waals surface area contributed by atoms with Crippen molar-refractivity contribution in [1.29, 1.82) is 5.26 Å². The third-order valence-electron chi connectivity index (χ3n) is 2.81. The van der Waals surface area contributed by atoms with E-state index in [0.717, 1.165) is 30.6 Å². The summed E-state index contributed by atoms with van der Waals surface area (Å²) in [6.45, 7) is 2.90. The molecule has 0 radical (unpaired) electrons. The van der Waals surface area contributed by atoms with Gasteiger partial charge in [-0.05, 0) is 43.9 Å². The van der Waals surface area contributed by atoms with Crippen molar-refractivity contribution >= 4 is 5.97 Å². The minimum absolute atomic E-state index is 0.124. The van der Waals surface area contributed by atoms with Crippen LogP contribution < -0.4 is 4.74 Å². The van der Waals surface area contributed by atoms with Crippen LogP contribution in [-0.4, -0.2) is 19.2 Å². The summed E-state index contributed by atoms with van der Waals surface area (Å²) in [6.07, 6.45) is 3.61. The molecule has 0 unspecified atom stereocenters. The summed E-state index contributed by atoms with van der Waals surface area (Å²) >= 11 is 0. The van der Waals surface area contributed by atoms with E-state index in [1.807, 2.05) is 31.2 Å². The molecule has 0 aliphatic heterocycles. The van der Waals surface area contributed by atoms with Crippen LogP contribution in [0.15, 0.2) is 24.3 Å². The van der Waals surface area contributed by atoms with Gasteiger partial charge in [0.1, 0.15) is 5.75 Å². The van der Waals surface area contributed by atoms with Crippen LogP contribution in [-0.2, 0) is 16.0 Å². The average molecular weight is 275 g/mol. The van der Waals surface area contributed by atoms with Gasteiger partial charge in [-0.25, -0.2) is 0 Å². The molecular formula is C16H21NO3. The number of nitrogens with zero attached hydrogens (tertiary/aromatic N) is 1. The Morgan fingerprint density at radius 1 is 1.20 bits per heavy atom. The van der Waals surface area contributed by atoms with Crippen molar-refractivity contribution in [2.24, 2.45) is 0 Å². The van der Waals surface area contributed by atoms with Gasteiger partial charge in [0, 0.05) is 6.42 Å². The quantitative estimate of drug-likeness (QED) is 0.512. The van der Waals surface area contributed by atoms with E-state index in [1.54, 1.807) is 0 Å². The van der Waals surface area contributed by atoms with Crippen LogP contribution >= 0.6 is 0 Å². The molecule has 0 bridgehead atoms. The number of nitriles is 1. The van der Waals surface area contributed by atoms with Crippen molar-refractivity contribution in [3.63, 3.8) is 0 Å².